The normalized spacial score (nSPS) is 27.4. The lowest BCUT2D eigenvalue weighted by atomic mass is 9.95. The SMILES string of the molecule is CC1CN(C2=C(c3ccccc3)C(=O)N(C3CCCCCCC3)C2=O)CC(C)O1. The number of rotatable bonds is 3. The van der Waals surface area contributed by atoms with Gasteiger partial charge in [0.05, 0.1) is 17.8 Å². The van der Waals surface area contributed by atoms with Gasteiger partial charge in [0.25, 0.3) is 11.8 Å². The predicted octanol–water partition coefficient (Wildman–Crippen LogP) is 3.99. The summed E-state index contributed by atoms with van der Waals surface area (Å²) in [6.45, 7) is 5.32. The van der Waals surface area contributed by atoms with Crippen LogP contribution in [0.1, 0.15) is 64.4 Å². The maximum Gasteiger partial charge on any atom is 0.278 e. The number of nitrogens with zero attached hydrogens (tertiary/aromatic N) is 2. The number of carbonyl (C=O) groups is 2. The van der Waals surface area contributed by atoms with E-state index in [2.05, 4.69) is 4.90 Å². The first-order valence-electron chi connectivity index (χ1n) is 11.1. The first-order valence-corrected chi connectivity index (χ1v) is 11.1. The number of hydrogen-bond acceptors (Lipinski definition) is 4. The molecule has 5 heteroatoms. The van der Waals surface area contributed by atoms with E-state index in [9.17, 15) is 9.59 Å². The van der Waals surface area contributed by atoms with E-state index in [1.807, 2.05) is 44.2 Å². The number of morpholine rings is 1. The van der Waals surface area contributed by atoms with Crippen LogP contribution in [0.3, 0.4) is 0 Å². The molecule has 2 amide bonds. The molecule has 2 fully saturated rings. The maximum atomic E-state index is 13.7. The summed E-state index contributed by atoms with van der Waals surface area (Å²) in [5.74, 6) is -0.228. The molecule has 1 aliphatic carbocycles. The predicted molar refractivity (Wildman–Crippen MR) is 113 cm³/mol. The van der Waals surface area contributed by atoms with E-state index < -0.39 is 0 Å². The summed E-state index contributed by atoms with van der Waals surface area (Å²) in [5, 5.41) is 0. The summed E-state index contributed by atoms with van der Waals surface area (Å²) in [6, 6.07) is 9.70. The van der Waals surface area contributed by atoms with Crippen molar-refractivity contribution >= 4 is 17.4 Å². The van der Waals surface area contributed by atoms with Crippen molar-refractivity contribution in [2.24, 2.45) is 0 Å². The summed E-state index contributed by atoms with van der Waals surface area (Å²) in [4.78, 5) is 31.0. The molecule has 3 aliphatic rings. The van der Waals surface area contributed by atoms with E-state index in [1.54, 1.807) is 4.90 Å². The monoisotopic (exact) mass is 396 g/mol. The molecule has 1 aromatic rings. The fourth-order valence-electron chi connectivity index (χ4n) is 5.08. The zero-order valence-electron chi connectivity index (χ0n) is 17.6. The number of amides is 2. The van der Waals surface area contributed by atoms with Crippen LogP contribution in [0.5, 0.6) is 0 Å². The number of imide groups is 1. The first-order chi connectivity index (χ1) is 14.1. The molecule has 2 atom stereocenters. The number of carbonyl (C=O) groups excluding carboxylic acids is 2. The van der Waals surface area contributed by atoms with Crippen LogP contribution in [-0.4, -0.2) is 53.0 Å². The summed E-state index contributed by atoms with van der Waals surface area (Å²) in [5.41, 5.74) is 1.98. The third-order valence-corrected chi connectivity index (χ3v) is 6.33. The molecule has 4 rings (SSSR count). The first kappa shape index (κ1) is 20.1. The molecule has 5 nitrogen and oxygen atoms in total. The van der Waals surface area contributed by atoms with Crippen LogP contribution >= 0.6 is 0 Å². The van der Waals surface area contributed by atoms with Crippen LogP contribution in [0.4, 0.5) is 0 Å². The highest BCUT2D eigenvalue weighted by atomic mass is 16.5. The molecule has 2 unspecified atom stereocenters. The molecule has 156 valence electrons. The van der Waals surface area contributed by atoms with Crippen molar-refractivity contribution in [2.45, 2.75) is 77.0 Å². The smallest absolute Gasteiger partial charge is 0.278 e. The zero-order chi connectivity index (χ0) is 20.4. The Balaban J connectivity index is 1.72. The molecule has 0 radical (unpaired) electrons. The Kier molecular flexibility index (Phi) is 6.04. The molecular weight excluding hydrogens is 364 g/mol. The highest BCUT2D eigenvalue weighted by molar-refractivity contribution is 6.35. The highest BCUT2D eigenvalue weighted by Gasteiger charge is 2.45. The molecule has 2 aliphatic heterocycles. The molecular formula is C24H32N2O3. The summed E-state index contributed by atoms with van der Waals surface area (Å²) < 4.78 is 5.88. The minimum Gasteiger partial charge on any atom is -0.372 e. The molecule has 0 bridgehead atoms. The second-order valence-corrected chi connectivity index (χ2v) is 8.73. The average molecular weight is 397 g/mol. The minimum atomic E-state index is -0.117. The Bertz CT molecular complexity index is 771. The van der Waals surface area contributed by atoms with Crippen LogP contribution < -0.4 is 0 Å². The number of hydrogen-bond donors (Lipinski definition) is 0. The van der Waals surface area contributed by atoms with Crippen LogP contribution in [-0.2, 0) is 14.3 Å². The van der Waals surface area contributed by atoms with E-state index in [1.165, 1.54) is 19.3 Å². The van der Waals surface area contributed by atoms with Crippen LogP contribution in [0, 0.1) is 0 Å². The highest BCUT2D eigenvalue weighted by Crippen LogP contribution is 2.36. The van der Waals surface area contributed by atoms with E-state index in [0.717, 1.165) is 31.2 Å². The van der Waals surface area contributed by atoms with Crippen molar-refractivity contribution in [1.82, 2.24) is 9.80 Å². The fourth-order valence-corrected chi connectivity index (χ4v) is 5.08. The number of benzene rings is 1. The molecule has 1 aromatic carbocycles. The van der Waals surface area contributed by atoms with Gasteiger partial charge >= 0.3 is 0 Å². The van der Waals surface area contributed by atoms with Gasteiger partial charge in [-0.3, -0.25) is 14.5 Å². The van der Waals surface area contributed by atoms with Crippen molar-refractivity contribution in [3.05, 3.63) is 41.6 Å². The van der Waals surface area contributed by atoms with Crippen LogP contribution in [0.2, 0.25) is 0 Å². The molecule has 2 heterocycles. The lowest BCUT2D eigenvalue weighted by Crippen LogP contribution is -2.48. The van der Waals surface area contributed by atoms with Crippen molar-refractivity contribution in [2.75, 3.05) is 13.1 Å². The van der Waals surface area contributed by atoms with Gasteiger partial charge in [-0.15, -0.1) is 0 Å². The Morgan fingerprint density at radius 3 is 2.03 bits per heavy atom. The Morgan fingerprint density at radius 2 is 1.41 bits per heavy atom. The van der Waals surface area contributed by atoms with Crippen molar-refractivity contribution < 1.29 is 14.3 Å². The quantitative estimate of drug-likeness (QED) is 0.725. The molecule has 29 heavy (non-hydrogen) atoms. The molecule has 0 spiro atoms. The average Bonchev–Trinajstić information content (AvgIpc) is 2.92. The number of ether oxygens (including phenoxy) is 1. The van der Waals surface area contributed by atoms with Gasteiger partial charge in [-0.05, 0) is 32.3 Å². The van der Waals surface area contributed by atoms with Gasteiger partial charge in [-0.25, -0.2) is 0 Å². The van der Waals surface area contributed by atoms with Crippen LogP contribution in [0.15, 0.2) is 36.0 Å². The Morgan fingerprint density at radius 1 is 0.828 bits per heavy atom. The molecule has 1 saturated carbocycles. The topological polar surface area (TPSA) is 49.9 Å². The molecule has 0 aromatic heterocycles. The van der Waals surface area contributed by atoms with Gasteiger partial charge in [0.1, 0.15) is 5.70 Å². The van der Waals surface area contributed by atoms with E-state index >= 15 is 0 Å². The lowest BCUT2D eigenvalue weighted by Gasteiger charge is -2.37. The van der Waals surface area contributed by atoms with Gasteiger partial charge in [-0.2, -0.15) is 0 Å². The van der Waals surface area contributed by atoms with Gasteiger partial charge in [0.15, 0.2) is 0 Å². The van der Waals surface area contributed by atoms with Gasteiger partial charge in [-0.1, -0.05) is 62.4 Å². The summed E-state index contributed by atoms with van der Waals surface area (Å²) >= 11 is 0. The molecule has 0 N–H and O–H groups in total. The standard InChI is InChI=1S/C24H32N2O3/c1-17-15-25(16-18(2)29-17)22-21(19-11-7-6-8-12-19)23(27)26(24(22)28)20-13-9-4-3-5-10-14-20/h6-8,11-12,17-18,20H,3-5,9-10,13-16H2,1-2H3. The fraction of sp³-hybridized carbons (Fsp3) is 0.583. The Labute approximate surface area is 173 Å². The zero-order valence-corrected chi connectivity index (χ0v) is 17.6. The van der Waals surface area contributed by atoms with E-state index in [0.29, 0.717) is 24.4 Å². The van der Waals surface area contributed by atoms with Crippen LogP contribution in [0.25, 0.3) is 5.57 Å². The summed E-state index contributed by atoms with van der Waals surface area (Å²) in [6.07, 6.45) is 7.71. The maximum absolute atomic E-state index is 13.7. The van der Waals surface area contributed by atoms with Crippen molar-refractivity contribution in [3.8, 4) is 0 Å². The Hall–Kier alpha value is -2.14. The summed E-state index contributed by atoms with van der Waals surface area (Å²) in [7, 11) is 0. The lowest BCUT2D eigenvalue weighted by molar-refractivity contribution is -0.141. The van der Waals surface area contributed by atoms with Gasteiger partial charge in [0.2, 0.25) is 0 Å². The van der Waals surface area contributed by atoms with Crippen molar-refractivity contribution in [3.63, 3.8) is 0 Å². The van der Waals surface area contributed by atoms with E-state index in [-0.39, 0.29) is 30.1 Å². The minimum absolute atomic E-state index is 0.0161. The van der Waals surface area contributed by atoms with E-state index in [4.69, 9.17) is 4.74 Å². The third-order valence-electron chi connectivity index (χ3n) is 6.33. The molecule has 1 saturated heterocycles. The largest absolute Gasteiger partial charge is 0.372 e. The second kappa shape index (κ2) is 8.70. The van der Waals surface area contributed by atoms with Gasteiger partial charge in [0, 0.05) is 19.1 Å². The van der Waals surface area contributed by atoms with Gasteiger partial charge < -0.3 is 9.64 Å². The third kappa shape index (κ3) is 4.11. The van der Waals surface area contributed by atoms with Crippen molar-refractivity contribution in [1.29, 1.82) is 0 Å². The second-order valence-electron chi connectivity index (χ2n) is 8.73.